The quantitative estimate of drug-likeness (QED) is 0.428. The van der Waals surface area contributed by atoms with Crippen LogP contribution in [0.5, 0.6) is 5.75 Å². The van der Waals surface area contributed by atoms with Crippen LogP contribution in [0.15, 0.2) is 48.5 Å². The highest BCUT2D eigenvalue weighted by Crippen LogP contribution is 2.26. The van der Waals surface area contributed by atoms with Gasteiger partial charge >= 0.3 is 0 Å². The third kappa shape index (κ3) is 8.75. The lowest BCUT2D eigenvalue weighted by Crippen LogP contribution is -2.52. The largest absolute Gasteiger partial charge is 0.497 e. The lowest BCUT2D eigenvalue weighted by Gasteiger charge is -2.33. The molecule has 1 atom stereocenters. The van der Waals surface area contributed by atoms with E-state index in [9.17, 15) is 18.0 Å². The highest BCUT2D eigenvalue weighted by molar-refractivity contribution is 7.92. The molecule has 0 aromatic heterocycles. The van der Waals surface area contributed by atoms with Crippen LogP contribution in [0.25, 0.3) is 0 Å². The van der Waals surface area contributed by atoms with Crippen LogP contribution in [0.4, 0.5) is 5.69 Å². The van der Waals surface area contributed by atoms with E-state index in [1.165, 1.54) is 4.90 Å². The molecule has 210 valence electrons. The van der Waals surface area contributed by atoms with Crippen molar-refractivity contribution in [2.24, 2.45) is 5.92 Å². The van der Waals surface area contributed by atoms with E-state index in [4.69, 9.17) is 4.74 Å². The maximum absolute atomic E-state index is 13.8. The van der Waals surface area contributed by atoms with E-state index in [0.717, 1.165) is 21.7 Å². The summed E-state index contributed by atoms with van der Waals surface area (Å²) in [5.74, 6) is 0.141. The number of sulfonamides is 1. The van der Waals surface area contributed by atoms with Crippen LogP contribution < -0.4 is 14.4 Å². The number of ether oxygens (including phenoxy) is 1. The first-order valence-electron chi connectivity index (χ1n) is 13.0. The molecule has 38 heavy (non-hydrogen) atoms. The zero-order valence-electron chi connectivity index (χ0n) is 23.9. The second kappa shape index (κ2) is 13.1. The average molecular weight is 546 g/mol. The van der Waals surface area contributed by atoms with Crippen molar-refractivity contribution < 1.29 is 22.7 Å². The molecule has 8 nitrogen and oxygen atoms in total. The Hall–Kier alpha value is -3.07. The molecule has 0 saturated carbocycles. The summed E-state index contributed by atoms with van der Waals surface area (Å²) in [4.78, 5) is 28.4. The van der Waals surface area contributed by atoms with E-state index in [0.29, 0.717) is 24.4 Å². The number of amides is 2. The van der Waals surface area contributed by atoms with Gasteiger partial charge in [0.05, 0.1) is 19.1 Å². The van der Waals surface area contributed by atoms with Crippen molar-refractivity contribution in [3.63, 3.8) is 0 Å². The molecule has 0 spiro atoms. The fourth-order valence-electron chi connectivity index (χ4n) is 4.05. The van der Waals surface area contributed by atoms with Gasteiger partial charge in [-0.15, -0.1) is 0 Å². The summed E-state index contributed by atoms with van der Waals surface area (Å²) in [6, 6.07) is 13.7. The minimum Gasteiger partial charge on any atom is -0.497 e. The van der Waals surface area contributed by atoms with Crippen LogP contribution in [0.2, 0.25) is 0 Å². The zero-order chi connectivity index (χ0) is 28.7. The third-order valence-electron chi connectivity index (χ3n) is 6.26. The summed E-state index contributed by atoms with van der Waals surface area (Å²) in [6.45, 7) is 12.2. The lowest BCUT2D eigenvalue weighted by molar-refractivity contribution is -0.140. The predicted molar refractivity (Wildman–Crippen MR) is 153 cm³/mol. The molecule has 0 aliphatic heterocycles. The van der Waals surface area contributed by atoms with Gasteiger partial charge in [0.15, 0.2) is 0 Å². The van der Waals surface area contributed by atoms with E-state index < -0.39 is 28.5 Å². The summed E-state index contributed by atoms with van der Waals surface area (Å²) in [7, 11) is -2.23. The maximum Gasteiger partial charge on any atom is 0.244 e. The van der Waals surface area contributed by atoms with Gasteiger partial charge in [0.1, 0.15) is 18.3 Å². The average Bonchev–Trinajstić information content (AvgIpc) is 2.84. The van der Waals surface area contributed by atoms with Crippen molar-refractivity contribution in [1.29, 1.82) is 0 Å². The predicted octanol–water partition coefficient (Wildman–Crippen LogP) is 4.34. The first-order valence-corrected chi connectivity index (χ1v) is 14.8. The van der Waals surface area contributed by atoms with E-state index in [2.05, 4.69) is 26.1 Å². The number of carbonyl (C=O) groups is 2. The van der Waals surface area contributed by atoms with Crippen molar-refractivity contribution in [2.75, 3.05) is 30.8 Å². The summed E-state index contributed by atoms with van der Waals surface area (Å²) < 4.78 is 32.1. The number of hydrogen-bond acceptors (Lipinski definition) is 5. The first kappa shape index (κ1) is 31.1. The minimum absolute atomic E-state index is 0.102. The number of nitrogens with zero attached hydrogens (tertiary/aromatic N) is 2. The van der Waals surface area contributed by atoms with Crippen molar-refractivity contribution in [2.45, 2.75) is 66.0 Å². The van der Waals surface area contributed by atoms with E-state index in [-0.39, 0.29) is 23.8 Å². The van der Waals surface area contributed by atoms with Crippen molar-refractivity contribution in [1.82, 2.24) is 10.2 Å². The van der Waals surface area contributed by atoms with Crippen molar-refractivity contribution >= 4 is 27.5 Å². The summed E-state index contributed by atoms with van der Waals surface area (Å²) in [6.07, 6.45) is 1.45. The maximum atomic E-state index is 13.8. The molecule has 0 unspecified atom stereocenters. The van der Waals surface area contributed by atoms with Crippen molar-refractivity contribution in [3.05, 3.63) is 59.7 Å². The third-order valence-corrected chi connectivity index (χ3v) is 7.40. The topological polar surface area (TPSA) is 96.0 Å². The second-order valence-corrected chi connectivity index (χ2v) is 12.9. The molecular formula is C29H43N3O5S. The molecule has 0 aliphatic rings. The minimum atomic E-state index is -3.79. The number of nitrogens with one attached hydrogen (secondary N) is 1. The van der Waals surface area contributed by atoms with Gasteiger partial charge in [-0.2, -0.15) is 0 Å². The molecule has 2 aromatic carbocycles. The molecule has 0 heterocycles. The second-order valence-electron chi connectivity index (χ2n) is 11.0. The Kier molecular flexibility index (Phi) is 10.8. The number of benzene rings is 2. The van der Waals surface area contributed by atoms with Gasteiger partial charge in [-0.1, -0.05) is 65.8 Å². The summed E-state index contributed by atoms with van der Waals surface area (Å²) >= 11 is 0. The van der Waals surface area contributed by atoms with Gasteiger partial charge in [-0.3, -0.25) is 13.9 Å². The highest BCUT2D eigenvalue weighted by Gasteiger charge is 2.32. The molecule has 0 saturated heterocycles. The Bertz CT molecular complexity index is 1190. The summed E-state index contributed by atoms with van der Waals surface area (Å²) in [5, 5.41) is 2.92. The summed E-state index contributed by atoms with van der Waals surface area (Å²) in [5.41, 5.74) is 2.12. The van der Waals surface area contributed by atoms with Crippen LogP contribution in [0, 0.1) is 5.92 Å². The molecule has 2 amide bonds. The molecule has 0 aliphatic carbocycles. The van der Waals surface area contributed by atoms with Crippen LogP contribution in [0.3, 0.4) is 0 Å². The van der Waals surface area contributed by atoms with Gasteiger partial charge in [0, 0.05) is 13.1 Å². The molecular weight excluding hydrogens is 502 g/mol. The molecule has 1 N–H and O–H groups in total. The fraction of sp³-hybridized carbons (Fsp3) is 0.517. The number of methoxy groups -OCH3 is 1. The van der Waals surface area contributed by atoms with E-state index in [1.54, 1.807) is 31.4 Å². The Labute approximate surface area is 228 Å². The Morgan fingerprint density at radius 1 is 1.05 bits per heavy atom. The number of rotatable bonds is 12. The number of hydrogen-bond donors (Lipinski definition) is 1. The molecule has 0 fully saturated rings. The number of carbonyl (C=O) groups excluding carboxylic acids is 2. The van der Waals surface area contributed by atoms with Gasteiger partial charge in [0.25, 0.3) is 0 Å². The molecule has 0 radical (unpaired) electrons. The van der Waals surface area contributed by atoms with Gasteiger partial charge in [-0.05, 0) is 53.1 Å². The van der Waals surface area contributed by atoms with Crippen molar-refractivity contribution in [3.8, 4) is 5.75 Å². The monoisotopic (exact) mass is 545 g/mol. The lowest BCUT2D eigenvalue weighted by atomic mass is 9.87. The molecule has 2 rings (SSSR count). The fourth-order valence-corrected chi connectivity index (χ4v) is 4.90. The number of anilines is 1. The van der Waals surface area contributed by atoms with E-state index in [1.807, 2.05) is 45.0 Å². The SMILES string of the molecule is CC[C@@H](C(=O)NCC(C)C)N(Cc1cccc(OC)c1)C(=O)CN(c1ccc(C(C)(C)C)cc1)S(C)(=O)=O. The smallest absolute Gasteiger partial charge is 0.244 e. The Morgan fingerprint density at radius 2 is 1.68 bits per heavy atom. The van der Waals surface area contributed by atoms with Gasteiger partial charge in [0.2, 0.25) is 21.8 Å². The standard InChI is InChI=1S/C29H43N3O5S/c1-9-26(28(34)30-18-21(2)3)31(19-22-11-10-12-25(17-22)37-7)27(33)20-32(38(8,35)36)24-15-13-23(14-16-24)29(4,5)6/h10-17,21,26H,9,18-20H2,1-8H3,(H,30,34)/t26-/m0/s1. The molecule has 2 aromatic rings. The molecule has 0 bridgehead atoms. The zero-order valence-corrected chi connectivity index (χ0v) is 24.8. The first-order chi connectivity index (χ1) is 17.7. The van der Waals surface area contributed by atoms with Crippen LogP contribution in [-0.4, -0.2) is 57.6 Å². The van der Waals surface area contributed by atoms with Crippen LogP contribution in [-0.2, 0) is 31.6 Å². The van der Waals surface area contributed by atoms with Crippen LogP contribution in [0.1, 0.15) is 59.1 Å². The van der Waals surface area contributed by atoms with Gasteiger partial charge in [-0.25, -0.2) is 8.42 Å². The Morgan fingerprint density at radius 3 is 2.18 bits per heavy atom. The highest BCUT2D eigenvalue weighted by atomic mass is 32.2. The van der Waals surface area contributed by atoms with Crippen LogP contribution >= 0.6 is 0 Å². The van der Waals surface area contributed by atoms with E-state index >= 15 is 0 Å². The molecule has 9 heteroatoms. The van der Waals surface area contributed by atoms with Gasteiger partial charge < -0.3 is 15.0 Å². The normalized spacial score (nSPS) is 12.7. The Balaban J connectivity index is 2.45.